The largest absolute Gasteiger partial charge is 0.353 e. The van der Waals surface area contributed by atoms with Crippen molar-refractivity contribution in [1.29, 1.82) is 5.26 Å². The number of benzene rings is 1. The minimum Gasteiger partial charge on any atom is -0.353 e. The number of hydrogen-bond acceptors (Lipinski definition) is 3. The molecule has 0 aromatic heterocycles. The molecule has 0 spiro atoms. The molecule has 19 heavy (non-hydrogen) atoms. The minimum atomic E-state index is 0.0123. The molecule has 0 aliphatic carbocycles. The van der Waals surface area contributed by atoms with Gasteiger partial charge in [-0.3, -0.25) is 9.69 Å². The first-order valence-electron chi connectivity index (χ1n) is 6.80. The Kier molecular flexibility index (Phi) is 3.22. The molecule has 4 nitrogen and oxygen atoms in total. The van der Waals surface area contributed by atoms with E-state index in [-0.39, 0.29) is 11.9 Å². The lowest BCUT2D eigenvalue weighted by molar-refractivity contribution is -0.134. The highest BCUT2D eigenvalue weighted by Gasteiger charge is 2.38. The molecule has 2 unspecified atom stereocenters. The number of carbonyl (C=O) groups is 1. The number of carbonyl (C=O) groups excluding carboxylic acids is 1. The summed E-state index contributed by atoms with van der Waals surface area (Å²) >= 11 is 0. The molecular formula is C15H17N3O. The van der Waals surface area contributed by atoms with Crippen LogP contribution in [0.4, 0.5) is 0 Å². The van der Waals surface area contributed by atoms with Crippen LogP contribution in [0.15, 0.2) is 24.3 Å². The van der Waals surface area contributed by atoms with Gasteiger partial charge in [-0.2, -0.15) is 5.26 Å². The Balaban J connectivity index is 1.81. The second-order valence-electron chi connectivity index (χ2n) is 5.33. The van der Waals surface area contributed by atoms with Crippen LogP contribution >= 0.6 is 0 Å². The SMILES string of the molecule is N#Cc1cccc(CN2C3CCCC2C(=O)NC3)c1. The molecule has 2 aliphatic heterocycles. The summed E-state index contributed by atoms with van der Waals surface area (Å²) in [6.07, 6.45) is 3.23. The Morgan fingerprint density at radius 1 is 1.42 bits per heavy atom. The summed E-state index contributed by atoms with van der Waals surface area (Å²) in [7, 11) is 0. The van der Waals surface area contributed by atoms with E-state index in [1.54, 1.807) is 0 Å². The van der Waals surface area contributed by atoms with Crippen molar-refractivity contribution in [2.45, 2.75) is 37.9 Å². The summed E-state index contributed by atoms with van der Waals surface area (Å²) < 4.78 is 0. The number of nitriles is 1. The van der Waals surface area contributed by atoms with Crippen LogP contribution in [0.25, 0.3) is 0 Å². The average molecular weight is 255 g/mol. The summed E-state index contributed by atoms with van der Waals surface area (Å²) in [4.78, 5) is 14.2. The van der Waals surface area contributed by atoms with Gasteiger partial charge in [-0.1, -0.05) is 12.1 Å². The summed E-state index contributed by atoms with van der Waals surface area (Å²) in [5.74, 6) is 0.160. The molecule has 98 valence electrons. The Labute approximate surface area is 113 Å². The van der Waals surface area contributed by atoms with Crippen LogP contribution in [0, 0.1) is 11.3 Å². The fraction of sp³-hybridized carbons (Fsp3) is 0.467. The molecule has 2 fully saturated rings. The smallest absolute Gasteiger partial charge is 0.237 e. The Hall–Kier alpha value is -1.86. The van der Waals surface area contributed by atoms with Gasteiger partial charge in [0.2, 0.25) is 5.91 Å². The van der Waals surface area contributed by atoms with E-state index in [0.29, 0.717) is 11.6 Å². The third-order valence-electron chi connectivity index (χ3n) is 4.12. The molecule has 0 radical (unpaired) electrons. The molecule has 1 aromatic rings. The van der Waals surface area contributed by atoms with Crippen molar-refractivity contribution in [3.05, 3.63) is 35.4 Å². The number of piperidine rings is 1. The molecule has 4 heteroatoms. The maximum absolute atomic E-state index is 11.9. The van der Waals surface area contributed by atoms with Crippen molar-refractivity contribution >= 4 is 5.91 Å². The monoisotopic (exact) mass is 255 g/mol. The molecule has 2 atom stereocenters. The van der Waals surface area contributed by atoms with Gasteiger partial charge in [-0.15, -0.1) is 0 Å². The molecular weight excluding hydrogens is 238 g/mol. The molecule has 2 saturated heterocycles. The molecule has 3 rings (SSSR count). The van der Waals surface area contributed by atoms with Gasteiger partial charge < -0.3 is 5.32 Å². The summed E-state index contributed by atoms with van der Waals surface area (Å²) in [5, 5.41) is 11.9. The number of rotatable bonds is 2. The lowest BCUT2D eigenvalue weighted by Gasteiger charge is -2.45. The van der Waals surface area contributed by atoms with Crippen LogP contribution in [0.5, 0.6) is 0 Å². The van der Waals surface area contributed by atoms with Crippen LogP contribution in [-0.4, -0.2) is 29.4 Å². The number of amides is 1. The average Bonchev–Trinajstić information content (AvgIpc) is 2.44. The lowest BCUT2D eigenvalue weighted by atomic mass is 9.91. The lowest BCUT2D eigenvalue weighted by Crippen LogP contribution is -2.61. The highest BCUT2D eigenvalue weighted by molar-refractivity contribution is 5.82. The first-order chi connectivity index (χ1) is 9.28. The molecule has 0 saturated carbocycles. The predicted octanol–water partition coefficient (Wildman–Crippen LogP) is 1.41. The topological polar surface area (TPSA) is 56.1 Å². The fourth-order valence-corrected chi connectivity index (χ4v) is 3.16. The highest BCUT2D eigenvalue weighted by Crippen LogP contribution is 2.27. The van der Waals surface area contributed by atoms with E-state index in [0.717, 1.165) is 37.9 Å². The van der Waals surface area contributed by atoms with E-state index in [4.69, 9.17) is 5.26 Å². The summed E-state index contributed by atoms with van der Waals surface area (Å²) in [6, 6.07) is 10.3. The van der Waals surface area contributed by atoms with Crippen LogP contribution in [0.2, 0.25) is 0 Å². The number of nitrogens with one attached hydrogen (secondary N) is 1. The van der Waals surface area contributed by atoms with Crippen molar-refractivity contribution in [2.75, 3.05) is 6.54 Å². The standard InChI is InChI=1S/C15H17N3O/c16-8-11-3-1-4-12(7-11)10-18-13-5-2-6-14(18)15(19)17-9-13/h1,3-4,7,13-14H,2,5-6,9-10H2,(H,17,19). The maximum Gasteiger partial charge on any atom is 0.237 e. The van der Waals surface area contributed by atoms with Gasteiger partial charge >= 0.3 is 0 Å². The number of fused-ring (bicyclic) bond motifs is 2. The van der Waals surface area contributed by atoms with Gasteiger partial charge in [0, 0.05) is 19.1 Å². The third-order valence-corrected chi connectivity index (χ3v) is 4.12. The Bertz CT molecular complexity index is 534. The molecule has 2 heterocycles. The van der Waals surface area contributed by atoms with Crippen molar-refractivity contribution in [3.63, 3.8) is 0 Å². The Morgan fingerprint density at radius 2 is 2.32 bits per heavy atom. The van der Waals surface area contributed by atoms with E-state index in [1.807, 2.05) is 24.3 Å². The summed E-state index contributed by atoms with van der Waals surface area (Å²) in [6.45, 7) is 1.52. The van der Waals surface area contributed by atoms with Crippen LogP contribution in [0.1, 0.15) is 30.4 Å². The zero-order chi connectivity index (χ0) is 13.2. The second kappa shape index (κ2) is 5.02. The molecule has 1 amide bonds. The number of piperazine rings is 1. The maximum atomic E-state index is 11.9. The van der Waals surface area contributed by atoms with Crippen molar-refractivity contribution in [1.82, 2.24) is 10.2 Å². The summed E-state index contributed by atoms with van der Waals surface area (Å²) in [5.41, 5.74) is 1.80. The van der Waals surface area contributed by atoms with E-state index in [1.165, 1.54) is 0 Å². The first kappa shape index (κ1) is 12.2. The van der Waals surface area contributed by atoms with Crippen LogP contribution in [-0.2, 0) is 11.3 Å². The number of nitrogens with zero attached hydrogens (tertiary/aromatic N) is 2. The van der Waals surface area contributed by atoms with Gasteiger partial charge in [0.25, 0.3) is 0 Å². The van der Waals surface area contributed by atoms with Gasteiger partial charge in [0.05, 0.1) is 17.7 Å². The van der Waals surface area contributed by atoms with Gasteiger partial charge in [0.1, 0.15) is 0 Å². The van der Waals surface area contributed by atoms with E-state index >= 15 is 0 Å². The number of hydrogen-bond donors (Lipinski definition) is 1. The van der Waals surface area contributed by atoms with E-state index < -0.39 is 0 Å². The minimum absolute atomic E-state index is 0.0123. The van der Waals surface area contributed by atoms with Crippen molar-refractivity contribution in [2.24, 2.45) is 0 Å². The molecule has 2 aliphatic rings. The molecule has 1 aromatic carbocycles. The zero-order valence-electron chi connectivity index (χ0n) is 10.8. The third kappa shape index (κ3) is 2.34. The van der Waals surface area contributed by atoms with E-state index in [9.17, 15) is 4.79 Å². The van der Waals surface area contributed by atoms with Gasteiger partial charge in [-0.25, -0.2) is 0 Å². The second-order valence-corrected chi connectivity index (χ2v) is 5.33. The van der Waals surface area contributed by atoms with Crippen molar-refractivity contribution < 1.29 is 4.79 Å². The molecule has 1 N–H and O–H groups in total. The normalized spacial score (nSPS) is 26.6. The van der Waals surface area contributed by atoms with Crippen molar-refractivity contribution in [3.8, 4) is 6.07 Å². The van der Waals surface area contributed by atoms with Crippen LogP contribution < -0.4 is 5.32 Å². The first-order valence-corrected chi connectivity index (χ1v) is 6.80. The quantitative estimate of drug-likeness (QED) is 0.869. The van der Waals surface area contributed by atoms with Gasteiger partial charge in [-0.05, 0) is 37.0 Å². The molecule has 2 bridgehead atoms. The van der Waals surface area contributed by atoms with Gasteiger partial charge in [0.15, 0.2) is 0 Å². The highest BCUT2D eigenvalue weighted by atomic mass is 16.2. The fourth-order valence-electron chi connectivity index (χ4n) is 3.16. The van der Waals surface area contributed by atoms with E-state index in [2.05, 4.69) is 16.3 Å². The van der Waals surface area contributed by atoms with Crippen LogP contribution in [0.3, 0.4) is 0 Å². The predicted molar refractivity (Wildman–Crippen MR) is 71.1 cm³/mol. The Morgan fingerprint density at radius 3 is 3.16 bits per heavy atom. The zero-order valence-corrected chi connectivity index (χ0v) is 10.8.